The maximum absolute atomic E-state index is 12.8. The summed E-state index contributed by atoms with van der Waals surface area (Å²) in [5, 5.41) is 9.37. The molecule has 1 unspecified atom stereocenters. The fraction of sp³-hybridized carbons (Fsp3) is 0.476. The Morgan fingerprint density at radius 3 is 2.67 bits per heavy atom. The van der Waals surface area contributed by atoms with Crippen LogP contribution < -0.4 is 10.6 Å². The first kappa shape index (κ1) is 19.1. The minimum absolute atomic E-state index is 0.121. The lowest BCUT2D eigenvalue weighted by Gasteiger charge is -2.26. The van der Waals surface area contributed by atoms with Gasteiger partial charge < -0.3 is 15.2 Å². The highest BCUT2D eigenvalue weighted by molar-refractivity contribution is 5.95. The number of amides is 2. The fourth-order valence-corrected chi connectivity index (χ4v) is 3.66. The molecule has 1 saturated carbocycles. The third kappa shape index (κ3) is 5.42. The van der Waals surface area contributed by atoms with Crippen LogP contribution in [-0.4, -0.2) is 23.0 Å². The fourth-order valence-electron chi connectivity index (χ4n) is 3.66. The van der Waals surface area contributed by atoms with Crippen molar-refractivity contribution in [3.63, 3.8) is 0 Å². The number of nitrogens with one attached hydrogen (secondary N) is 2. The van der Waals surface area contributed by atoms with Crippen molar-refractivity contribution in [2.45, 2.75) is 58.0 Å². The van der Waals surface area contributed by atoms with Gasteiger partial charge in [-0.25, -0.2) is 0 Å². The van der Waals surface area contributed by atoms with Gasteiger partial charge in [0.15, 0.2) is 0 Å². The predicted molar refractivity (Wildman–Crippen MR) is 102 cm³/mol. The molecule has 6 heteroatoms. The number of rotatable bonds is 7. The Labute approximate surface area is 159 Å². The van der Waals surface area contributed by atoms with Crippen LogP contribution in [0, 0.1) is 12.8 Å². The second-order valence-electron chi connectivity index (χ2n) is 7.29. The van der Waals surface area contributed by atoms with Crippen LogP contribution in [0.4, 0.5) is 0 Å². The molecule has 6 nitrogen and oxygen atoms in total. The van der Waals surface area contributed by atoms with Crippen LogP contribution >= 0.6 is 0 Å². The zero-order chi connectivity index (χ0) is 19.1. The smallest absolute Gasteiger partial charge is 0.290 e. The SMILES string of the molecule is Cc1ccccc1CNC(=O)C(CC1CCCCC1)NC(=O)c1ccno1. The van der Waals surface area contributed by atoms with Gasteiger partial charge in [-0.2, -0.15) is 0 Å². The minimum Gasteiger partial charge on any atom is -0.351 e. The maximum atomic E-state index is 12.8. The summed E-state index contributed by atoms with van der Waals surface area (Å²) in [7, 11) is 0. The molecule has 27 heavy (non-hydrogen) atoms. The monoisotopic (exact) mass is 369 g/mol. The first-order valence-corrected chi connectivity index (χ1v) is 9.67. The van der Waals surface area contributed by atoms with Crippen LogP contribution in [0.25, 0.3) is 0 Å². The molecule has 1 heterocycles. The van der Waals surface area contributed by atoms with Gasteiger partial charge >= 0.3 is 0 Å². The summed E-state index contributed by atoms with van der Waals surface area (Å²) < 4.78 is 4.92. The highest BCUT2D eigenvalue weighted by Gasteiger charge is 2.27. The van der Waals surface area contributed by atoms with Gasteiger partial charge in [-0.3, -0.25) is 9.59 Å². The number of hydrogen-bond donors (Lipinski definition) is 2. The summed E-state index contributed by atoms with van der Waals surface area (Å²) in [6.45, 7) is 2.47. The Bertz CT molecular complexity index is 752. The average molecular weight is 369 g/mol. The van der Waals surface area contributed by atoms with Gasteiger partial charge in [0.2, 0.25) is 11.7 Å². The second kappa shape index (κ2) is 9.35. The molecular weight excluding hydrogens is 342 g/mol. The topological polar surface area (TPSA) is 84.2 Å². The Kier molecular flexibility index (Phi) is 6.63. The van der Waals surface area contributed by atoms with E-state index in [1.165, 1.54) is 31.5 Å². The van der Waals surface area contributed by atoms with Gasteiger partial charge in [-0.1, -0.05) is 61.5 Å². The van der Waals surface area contributed by atoms with Gasteiger partial charge in [0.25, 0.3) is 5.91 Å². The van der Waals surface area contributed by atoms with Gasteiger partial charge in [0.05, 0.1) is 6.20 Å². The highest BCUT2D eigenvalue weighted by atomic mass is 16.5. The van der Waals surface area contributed by atoms with Crippen LogP contribution in [-0.2, 0) is 11.3 Å². The Hall–Kier alpha value is -2.63. The third-order valence-electron chi connectivity index (χ3n) is 5.29. The standard InChI is InChI=1S/C21H27N3O3/c1-15-7-5-6-10-17(15)14-22-20(25)18(13-16-8-3-2-4-9-16)24-21(26)19-11-12-23-27-19/h5-7,10-12,16,18H,2-4,8-9,13-14H2,1H3,(H,22,25)(H,24,26). The number of nitrogens with zero attached hydrogens (tertiary/aromatic N) is 1. The number of aromatic nitrogens is 1. The predicted octanol–water partition coefficient (Wildman–Crippen LogP) is 3.37. The van der Waals surface area contributed by atoms with Crippen molar-refractivity contribution in [1.82, 2.24) is 15.8 Å². The van der Waals surface area contributed by atoms with E-state index in [4.69, 9.17) is 4.52 Å². The Balaban J connectivity index is 1.64. The molecule has 0 bridgehead atoms. The summed E-state index contributed by atoms with van der Waals surface area (Å²) in [5.41, 5.74) is 2.20. The summed E-state index contributed by atoms with van der Waals surface area (Å²) in [5.74, 6) is 0.0226. The van der Waals surface area contributed by atoms with Crippen LogP contribution in [0.5, 0.6) is 0 Å². The molecule has 0 saturated heterocycles. The van der Waals surface area contributed by atoms with Gasteiger partial charge in [0, 0.05) is 12.6 Å². The molecule has 1 aromatic carbocycles. The lowest BCUT2D eigenvalue weighted by molar-refractivity contribution is -0.123. The molecule has 1 atom stereocenters. The number of carbonyl (C=O) groups excluding carboxylic acids is 2. The van der Waals surface area contributed by atoms with Crippen molar-refractivity contribution in [2.75, 3.05) is 0 Å². The van der Waals surface area contributed by atoms with Crippen LogP contribution in [0.3, 0.4) is 0 Å². The van der Waals surface area contributed by atoms with Crippen LogP contribution in [0.1, 0.15) is 60.2 Å². The van der Waals surface area contributed by atoms with Gasteiger partial charge in [-0.15, -0.1) is 0 Å². The summed E-state index contributed by atoms with van der Waals surface area (Å²) in [6, 6.07) is 8.88. The number of carbonyl (C=O) groups is 2. The normalized spacial score (nSPS) is 15.9. The zero-order valence-corrected chi connectivity index (χ0v) is 15.7. The zero-order valence-electron chi connectivity index (χ0n) is 15.7. The van der Waals surface area contributed by atoms with Crippen molar-refractivity contribution < 1.29 is 14.1 Å². The molecule has 2 aromatic rings. The number of benzene rings is 1. The van der Waals surface area contributed by atoms with Crippen molar-refractivity contribution in [3.8, 4) is 0 Å². The lowest BCUT2D eigenvalue weighted by atomic mass is 9.84. The Morgan fingerprint density at radius 1 is 1.19 bits per heavy atom. The highest BCUT2D eigenvalue weighted by Crippen LogP contribution is 2.27. The summed E-state index contributed by atoms with van der Waals surface area (Å²) in [6.07, 6.45) is 7.93. The molecular formula is C21H27N3O3. The van der Waals surface area contributed by atoms with Crippen LogP contribution in [0.15, 0.2) is 41.1 Å². The van der Waals surface area contributed by atoms with E-state index in [0.29, 0.717) is 18.9 Å². The molecule has 0 spiro atoms. The molecule has 2 N–H and O–H groups in total. The quantitative estimate of drug-likeness (QED) is 0.784. The van der Waals surface area contributed by atoms with Crippen LogP contribution in [0.2, 0.25) is 0 Å². The summed E-state index contributed by atoms with van der Waals surface area (Å²) >= 11 is 0. The average Bonchev–Trinajstić information content (AvgIpc) is 3.22. The van der Waals surface area contributed by atoms with E-state index in [1.807, 2.05) is 31.2 Å². The molecule has 1 aromatic heterocycles. The first-order chi connectivity index (χ1) is 13.1. The third-order valence-corrected chi connectivity index (χ3v) is 5.29. The van der Waals surface area contributed by atoms with E-state index < -0.39 is 11.9 Å². The van der Waals surface area contributed by atoms with Crippen molar-refractivity contribution >= 4 is 11.8 Å². The summed E-state index contributed by atoms with van der Waals surface area (Å²) in [4.78, 5) is 25.2. The van der Waals surface area contributed by atoms with E-state index in [2.05, 4.69) is 15.8 Å². The molecule has 144 valence electrons. The molecule has 1 aliphatic rings. The van der Waals surface area contributed by atoms with E-state index in [1.54, 1.807) is 0 Å². The largest absolute Gasteiger partial charge is 0.351 e. The van der Waals surface area contributed by atoms with Crippen molar-refractivity contribution in [3.05, 3.63) is 53.4 Å². The second-order valence-corrected chi connectivity index (χ2v) is 7.29. The first-order valence-electron chi connectivity index (χ1n) is 9.67. The van der Waals surface area contributed by atoms with E-state index in [0.717, 1.165) is 24.0 Å². The van der Waals surface area contributed by atoms with E-state index in [-0.39, 0.29) is 11.7 Å². The maximum Gasteiger partial charge on any atom is 0.290 e. The molecule has 0 radical (unpaired) electrons. The van der Waals surface area contributed by atoms with Gasteiger partial charge in [0.1, 0.15) is 6.04 Å². The van der Waals surface area contributed by atoms with E-state index >= 15 is 0 Å². The van der Waals surface area contributed by atoms with Crippen molar-refractivity contribution in [1.29, 1.82) is 0 Å². The molecule has 1 aliphatic carbocycles. The van der Waals surface area contributed by atoms with Crippen molar-refractivity contribution in [2.24, 2.45) is 5.92 Å². The number of aryl methyl sites for hydroxylation is 1. The molecule has 1 fully saturated rings. The Morgan fingerprint density at radius 2 is 1.96 bits per heavy atom. The molecule has 3 rings (SSSR count). The minimum atomic E-state index is -0.574. The van der Waals surface area contributed by atoms with Gasteiger partial charge in [-0.05, 0) is 30.4 Å². The molecule has 2 amide bonds. The lowest BCUT2D eigenvalue weighted by Crippen LogP contribution is -2.47. The van der Waals surface area contributed by atoms with E-state index in [9.17, 15) is 9.59 Å². The molecule has 0 aliphatic heterocycles. The number of hydrogen-bond acceptors (Lipinski definition) is 4.